The largest absolute Gasteiger partial charge is 0.454 e. The molecule has 0 N–H and O–H groups in total. The Morgan fingerprint density at radius 3 is 2.94 bits per heavy atom. The van der Waals surface area contributed by atoms with E-state index in [-0.39, 0.29) is 12.9 Å². The van der Waals surface area contributed by atoms with E-state index < -0.39 is 6.29 Å². The van der Waals surface area contributed by atoms with Crippen molar-refractivity contribution in [1.29, 1.82) is 0 Å². The summed E-state index contributed by atoms with van der Waals surface area (Å²) in [4.78, 5) is 0. The van der Waals surface area contributed by atoms with Crippen LogP contribution in [0, 0.1) is 0 Å². The Bertz CT molecular complexity index is 438. The van der Waals surface area contributed by atoms with Crippen molar-refractivity contribution < 1.29 is 18.9 Å². The summed E-state index contributed by atoms with van der Waals surface area (Å²) in [6, 6.07) is 3.58. The maximum Gasteiger partial charge on any atom is 0.231 e. The second kappa shape index (κ2) is 4.53. The smallest absolute Gasteiger partial charge is 0.231 e. The maximum atomic E-state index is 6.08. The number of alkyl halides is 1. The van der Waals surface area contributed by atoms with Gasteiger partial charge in [-0.15, -0.1) is 11.6 Å². The lowest BCUT2D eigenvalue weighted by Crippen LogP contribution is -2.10. The van der Waals surface area contributed by atoms with Gasteiger partial charge in [-0.25, -0.2) is 0 Å². The molecule has 1 fully saturated rings. The number of halogens is 2. The standard InChI is InChI=1S/C11H10Cl2O4/c12-3-7-4-14-11(17-7)6-1-8(13)10-9(2-6)15-5-16-10/h1-2,7,11H,3-5H2. The first-order valence-electron chi connectivity index (χ1n) is 5.20. The highest BCUT2D eigenvalue weighted by molar-refractivity contribution is 6.32. The average Bonchev–Trinajstić information content (AvgIpc) is 2.97. The monoisotopic (exact) mass is 276 g/mol. The molecule has 2 aliphatic rings. The molecule has 2 unspecified atom stereocenters. The van der Waals surface area contributed by atoms with Crippen LogP contribution in [0.5, 0.6) is 11.5 Å². The van der Waals surface area contributed by atoms with Crippen LogP contribution in [0.2, 0.25) is 5.02 Å². The van der Waals surface area contributed by atoms with Gasteiger partial charge in [0.05, 0.1) is 23.6 Å². The molecule has 1 saturated heterocycles. The predicted molar refractivity (Wildman–Crippen MR) is 61.9 cm³/mol. The summed E-state index contributed by atoms with van der Waals surface area (Å²) in [5.74, 6) is 1.60. The Balaban J connectivity index is 1.87. The fourth-order valence-electron chi connectivity index (χ4n) is 1.83. The molecule has 0 radical (unpaired) electrons. The van der Waals surface area contributed by atoms with Gasteiger partial charge in [0.2, 0.25) is 6.79 Å². The van der Waals surface area contributed by atoms with Crippen LogP contribution in [0.4, 0.5) is 0 Å². The summed E-state index contributed by atoms with van der Waals surface area (Å²) in [7, 11) is 0. The molecule has 6 heteroatoms. The highest BCUT2D eigenvalue weighted by Gasteiger charge is 2.29. The Labute approximate surface area is 108 Å². The summed E-state index contributed by atoms with van der Waals surface area (Å²) in [5, 5.41) is 0.497. The lowest BCUT2D eigenvalue weighted by atomic mass is 10.2. The normalized spacial score (nSPS) is 26.5. The van der Waals surface area contributed by atoms with E-state index in [0.29, 0.717) is 29.0 Å². The topological polar surface area (TPSA) is 36.9 Å². The molecule has 0 amide bonds. The lowest BCUT2D eigenvalue weighted by molar-refractivity contribution is -0.0567. The second-order valence-corrected chi connectivity index (χ2v) is 4.53. The Morgan fingerprint density at radius 1 is 1.29 bits per heavy atom. The summed E-state index contributed by atoms with van der Waals surface area (Å²) in [6.45, 7) is 0.676. The molecular weight excluding hydrogens is 267 g/mol. The first-order chi connectivity index (χ1) is 8.28. The van der Waals surface area contributed by atoms with Gasteiger partial charge in [0, 0.05) is 5.56 Å². The second-order valence-electron chi connectivity index (χ2n) is 3.81. The highest BCUT2D eigenvalue weighted by Crippen LogP contribution is 2.42. The fraction of sp³-hybridized carbons (Fsp3) is 0.455. The minimum absolute atomic E-state index is 0.0779. The van der Waals surface area contributed by atoms with Crippen molar-refractivity contribution in [1.82, 2.24) is 0 Å². The molecule has 0 aliphatic carbocycles. The molecule has 0 saturated carbocycles. The Kier molecular flexibility index (Phi) is 3.04. The molecule has 3 rings (SSSR count). The van der Waals surface area contributed by atoms with Crippen molar-refractivity contribution in [2.45, 2.75) is 12.4 Å². The van der Waals surface area contributed by atoms with Gasteiger partial charge in [-0.05, 0) is 12.1 Å². The third kappa shape index (κ3) is 2.06. The molecular formula is C11H10Cl2O4. The summed E-state index contributed by atoms with van der Waals surface area (Å²) < 4.78 is 21.6. The average molecular weight is 277 g/mol. The van der Waals surface area contributed by atoms with Crippen LogP contribution in [-0.4, -0.2) is 25.4 Å². The van der Waals surface area contributed by atoms with Crippen LogP contribution in [0.1, 0.15) is 11.9 Å². The van der Waals surface area contributed by atoms with E-state index in [4.69, 9.17) is 42.1 Å². The van der Waals surface area contributed by atoms with Gasteiger partial charge in [-0.2, -0.15) is 0 Å². The molecule has 17 heavy (non-hydrogen) atoms. The van der Waals surface area contributed by atoms with Crippen LogP contribution in [0.25, 0.3) is 0 Å². The zero-order chi connectivity index (χ0) is 11.8. The van der Waals surface area contributed by atoms with E-state index in [9.17, 15) is 0 Å². The molecule has 92 valence electrons. The minimum Gasteiger partial charge on any atom is -0.454 e. The molecule has 2 aliphatic heterocycles. The summed E-state index contributed by atoms with van der Waals surface area (Å²) in [5.41, 5.74) is 0.812. The van der Waals surface area contributed by atoms with Crippen molar-refractivity contribution >= 4 is 23.2 Å². The molecule has 2 atom stereocenters. The van der Waals surface area contributed by atoms with Gasteiger partial charge in [0.25, 0.3) is 0 Å². The van der Waals surface area contributed by atoms with Crippen LogP contribution >= 0.6 is 23.2 Å². The SMILES string of the molecule is ClCC1COC(c2cc(Cl)c3c(c2)OCO3)O1. The predicted octanol–water partition coefficient (Wildman–Crippen LogP) is 2.72. The molecule has 1 aromatic rings. The van der Waals surface area contributed by atoms with Crippen molar-refractivity contribution in [3.63, 3.8) is 0 Å². The molecule has 0 bridgehead atoms. The fourth-order valence-corrected chi connectivity index (χ4v) is 2.26. The minimum atomic E-state index is -0.439. The molecule has 0 aromatic heterocycles. The van der Waals surface area contributed by atoms with E-state index in [1.54, 1.807) is 6.07 Å². The zero-order valence-corrected chi connectivity index (χ0v) is 10.3. The number of rotatable bonds is 2. The van der Waals surface area contributed by atoms with Crippen molar-refractivity contribution in [2.75, 3.05) is 19.3 Å². The van der Waals surface area contributed by atoms with E-state index >= 15 is 0 Å². The van der Waals surface area contributed by atoms with Crippen molar-refractivity contribution in [3.8, 4) is 11.5 Å². The third-order valence-corrected chi connectivity index (χ3v) is 3.27. The first kappa shape index (κ1) is 11.4. The molecule has 1 aromatic carbocycles. The summed E-state index contributed by atoms with van der Waals surface area (Å²) >= 11 is 11.8. The van der Waals surface area contributed by atoms with Gasteiger partial charge in [0.15, 0.2) is 17.8 Å². The van der Waals surface area contributed by atoms with Crippen molar-refractivity contribution in [3.05, 3.63) is 22.7 Å². The Morgan fingerprint density at radius 2 is 2.18 bits per heavy atom. The molecule has 0 spiro atoms. The lowest BCUT2D eigenvalue weighted by Gasteiger charge is -2.11. The highest BCUT2D eigenvalue weighted by atomic mass is 35.5. The van der Waals surface area contributed by atoms with Crippen LogP contribution in [-0.2, 0) is 9.47 Å². The quantitative estimate of drug-likeness (QED) is 0.779. The maximum absolute atomic E-state index is 6.08. The van der Waals surface area contributed by atoms with E-state index in [2.05, 4.69) is 0 Å². The number of benzene rings is 1. The Hall–Kier alpha value is -0.680. The summed E-state index contributed by atoms with van der Waals surface area (Å²) in [6.07, 6.45) is -0.517. The number of hydrogen-bond donors (Lipinski definition) is 0. The van der Waals surface area contributed by atoms with Gasteiger partial charge < -0.3 is 18.9 Å². The van der Waals surface area contributed by atoms with Crippen LogP contribution < -0.4 is 9.47 Å². The van der Waals surface area contributed by atoms with E-state index in [1.165, 1.54) is 0 Å². The number of fused-ring (bicyclic) bond motifs is 1. The van der Waals surface area contributed by atoms with Gasteiger partial charge >= 0.3 is 0 Å². The number of hydrogen-bond acceptors (Lipinski definition) is 4. The van der Waals surface area contributed by atoms with Crippen LogP contribution in [0.3, 0.4) is 0 Å². The van der Waals surface area contributed by atoms with E-state index in [1.807, 2.05) is 6.07 Å². The van der Waals surface area contributed by atoms with Gasteiger partial charge in [-0.3, -0.25) is 0 Å². The van der Waals surface area contributed by atoms with Gasteiger partial charge in [-0.1, -0.05) is 11.6 Å². The van der Waals surface area contributed by atoms with Gasteiger partial charge in [0.1, 0.15) is 0 Å². The van der Waals surface area contributed by atoms with Crippen molar-refractivity contribution in [2.24, 2.45) is 0 Å². The molecule has 4 nitrogen and oxygen atoms in total. The number of ether oxygens (including phenoxy) is 4. The third-order valence-electron chi connectivity index (χ3n) is 2.64. The zero-order valence-electron chi connectivity index (χ0n) is 8.82. The first-order valence-corrected chi connectivity index (χ1v) is 6.11. The van der Waals surface area contributed by atoms with E-state index in [0.717, 1.165) is 5.56 Å². The molecule has 2 heterocycles. The van der Waals surface area contributed by atoms with Crippen LogP contribution in [0.15, 0.2) is 12.1 Å².